The fourth-order valence-electron chi connectivity index (χ4n) is 2.48. The minimum atomic E-state index is -0.394. The molecule has 1 amide bonds. The first-order valence-corrected chi connectivity index (χ1v) is 8.00. The van der Waals surface area contributed by atoms with E-state index in [0.717, 1.165) is 5.56 Å². The predicted molar refractivity (Wildman–Crippen MR) is 90.2 cm³/mol. The number of amides is 1. The fraction of sp³-hybridized carbons (Fsp3) is 0.211. The van der Waals surface area contributed by atoms with Crippen LogP contribution in [-0.4, -0.2) is 16.0 Å². The minimum absolute atomic E-state index is 0.0941. The summed E-state index contributed by atoms with van der Waals surface area (Å²) in [5, 5.41) is 6.72. The van der Waals surface area contributed by atoms with E-state index in [-0.39, 0.29) is 18.1 Å². The molecule has 0 aliphatic heterocycles. The van der Waals surface area contributed by atoms with Crippen molar-refractivity contribution < 1.29 is 13.7 Å². The lowest BCUT2D eigenvalue weighted by molar-refractivity contribution is -0.121. The van der Waals surface area contributed by atoms with Gasteiger partial charge in [-0.25, -0.2) is 4.39 Å². The highest BCUT2D eigenvalue weighted by Gasteiger charge is 2.16. The molecule has 0 fully saturated rings. The summed E-state index contributed by atoms with van der Waals surface area (Å²) in [6.07, 6.45) is 0.634. The van der Waals surface area contributed by atoms with Crippen LogP contribution < -0.4 is 5.32 Å². The van der Waals surface area contributed by atoms with Gasteiger partial charge in [0.05, 0.1) is 18.9 Å². The molecule has 0 aliphatic rings. The van der Waals surface area contributed by atoms with Gasteiger partial charge in [-0.3, -0.25) is 4.79 Å². The highest BCUT2D eigenvalue weighted by molar-refractivity contribution is 5.78. The summed E-state index contributed by atoms with van der Waals surface area (Å²) in [5.41, 5.74) is 1.68. The van der Waals surface area contributed by atoms with Gasteiger partial charge in [0.1, 0.15) is 5.82 Å². The van der Waals surface area contributed by atoms with Gasteiger partial charge >= 0.3 is 0 Å². The van der Waals surface area contributed by atoms with Crippen LogP contribution in [-0.2, 0) is 17.6 Å². The molecule has 0 radical (unpaired) electrons. The van der Waals surface area contributed by atoms with Crippen molar-refractivity contribution in [3.63, 3.8) is 0 Å². The second-order valence-corrected chi connectivity index (χ2v) is 5.80. The molecule has 0 aliphatic carbocycles. The summed E-state index contributed by atoms with van der Waals surface area (Å²) in [5.74, 6) is 0.320. The normalized spacial score (nSPS) is 11.9. The summed E-state index contributed by atoms with van der Waals surface area (Å²) in [6, 6.07) is 15.4. The topological polar surface area (TPSA) is 68.0 Å². The third kappa shape index (κ3) is 4.73. The molecule has 0 spiro atoms. The summed E-state index contributed by atoms with van der Waals surface area (Å²) in [4.78, 5) is 16.4. The van der Waals surface area contributed by atoms with Crippen LogP contribution in [0.5, 0.6) is 0 Å². The molecule has 1 aromatic heterocycles. The molecule has 1 atom stereocenters. The highest BCUT2D eigenvalue weighted by atomic mass is 19.1. The molecule has 0 saturated carbocycles. The Morgan fingerprint density at radius 1 is 1.16 bits per heavy atom. The van der Waals surface area contributed by atoms with Crippen LogP contribution in [0.1, 0.15) is 35.8 Å². The van der Waals surface area contributed by atoms with Crippen LogP contribution in [0.25, 0.3) is 0 Å². The molecule has 25 heavy (non-hydrogen) atoms. The molecule has 5 nitrogen and oxygen atoms in total. The first-order valence-electron chi connectivity index (χ1n) is 8.00. The van der Waals surface area contributed by atoms with Gasteiger partial charge in [-0.05, 0) is 30.2 Å². The molecule has 2 aromatic carbocycles. The lowest BCUT2D eigenvalue weighted by Gasteiger charge is -2.10. The second-order valence-electron chi connectivity index (χ2n) is 5.80. The van der Waals surface area contributed by atoms with Crippen LogP contribution in [0.3, 0.4) is 0 Å². The molecule has 3 aromatic rings. The first kappa shape index (κ1) is 16.8. The number of nitrogens with zero attached hydrogens (tertiary/aromatic N) is 2. The zero-order chi connectivity index (χ0) is 17.6. The molecule has 1 heterocycles. The molecule has 1 unspecified atom stereocenters. The van der Waals surface area contributed by atoms with Crippen molar-refractivity contribution in [3.8, 4) is 0 Å². The third-order valence-electron chi connectivity index (χ3n) is 3.70. The summed E-state index contributed by atoms with van der Waals surface area (Å²) < 4.78 is 18.4. The van der Waals surface area contributed by atoms with E-state index in [1.54, 1.807) is 19.1 Å². The number of carbonyl (C=O) groups excluding carboxylic acids is 1. The Kier molecular flexibility index (Phi) is 5.18. The SMILES string of the molecule is CC(NC(=O)Cc1cccc(F)c1)c1noc(Cc2ccccc2)n1. The van der Waals surface area contributed by atoms with Gasteiger partial charge in [-0.1, -0.05) is 47.6 Å². The quantitative estimate of drug-likeness (QED) is 0.749. The number of halogens is 1. The Balaban J connectivity index is 1.58. The van der Waals surface area contributed by atoms with Crippen LogP contribution in [0.15, 0.2) is 59.1 Å². The third-order valence-corrected chi connectivity index (χ3v) is 3.70. The fourth-order valence-corrected chi connectivity index (χ4v) is 2.48. The standard InChI is InChI=1S/C19H18FN3O2/c1-13(21-17(24)11-15-8-5-9-16(20)10-15)19-22-18(25-23-19)12-14-6-3-2-4-7-14/h2-10,13H,11-12H2,1H3,(H,21,24). The van der Waals surface area contributed by atoms with E-state index in [4.69, 9.17) is 4.52 Å². The molecule has 0 saturated heterocycles. The monoisotopic (exact) mass is 339 g/mol. The number of rotatable bonds is 6. The predicted octanol–water partition coefficient (Wildman–Crippen LogP) is 3.22. The van der Waals surface area contributed by atoms with Crippen molar-refractivity contribution in [3.05, 3.63) is 83.3 Å². The maximum absolute atomic E-state index is 13.2. The number of benzene rings is 2. The van der Waals surface area contributed by atoms with E-state index in [0.29, 0.717) is 23.7 Å². The van der Waals surface area contributed by atoms with Crippen molar-refractivity contribution in [1.29, 1.82) is 0 Å². The van der Waals surface area contributed by atoms with Gasteiger partial charge in [0.25, 0.3) is 0 Å². The average molecular weight is 339 g/mol. The van der Waals surface area contributed by atoms with Crippen LogP contribution in [0, 0.1) is 5.82 Å². The van der Waals surface area contributed by atoms with Gasteiger partial charge in [0.2, 0.25) is 11.8 Å². The number of hydrogen-bond acceptors (Lipinski definition) is 4. The Bertz CT molecular complexity index is 849. The van der Waals surface area contributed by atoms with E-state index < -0.39 is 6.04 Å². The molecule has 6 heteroatoms. The van der Waals surface area contributed by atoms with Crippen LogP contribution in [0.2, 0.25) is 0 Å². The van der Waals surface area contributed by atoms with E-state index in [1.807, 2.05) is 30.3 Å². The van der Waals surface area contributed by atoms with Gasteiger partial charge in [-0.15, -0.1) is 0 Å². The van der Waals surface area contributed by atoms with Crippen LogP contribution >= 0.6 is 0 Å². The molecular weight excluding hydrogens is 321 g/mol. The van der Waals surface area contributed by atoms with Gasteiger partial charge in [0, 0.05) is 0 Å². The minimum Gasteiger partial charge on any atom is -0.346 e. The lowest BCUT2D eigenvalue weighted by Crippen LogP contribution is -2.28. The largest absolute Gasteiger partial charge is 0.346 e. The first-order chi connectivity index (χ1) is 12.1. The smallest absolute Gasteiger partial charge is 0.231 e. The molecule has 1 N–H and O–H groups in total. The zero-order valence-electron chi connectivity index (χ0n) is 13.8. The Hall–Kier alpha value is -3.02. The summed E-state index contributed by atoms with van der Waals surface area (Å²) in [7, 11) is 0. The van der Waals surface area contributed by atoms with Crippen molar-refractivity contribution >= 4 is 5.91 Å². The second kappa shape index (κ2) is 7.70. The lowest BCUT2D eigenvalue weighted by atomic mass is 10.1. The van der Waals surface area contributed by atoms with E-state index in [2.05, 4.69) is 15.5 Å². The summed E-state index contributed by atoms with van der Waals surface area (Å²) in [6.45, 7) is 1.78. The van der Waals surface area contributed by atoms with Gasteiger partial charge < -0.3 is 9.84 Å². The number of nitrogens with one attached hydrogen (secondary N) is 1. The van der Waals surface area contributed by atoms with E-state index in [9.17, 15) is 9.18 Å². The maximum Gasteiger partial charge on any atom is 0.231 e. The van der Waals surface area contributed by atoms with Crippen molar-refractivity contribution in [2.45, 2.75) is 25.8 Å². The Morgan fingerprint density at radius 2 is 1.92 bits per heavy atom. The molecule has 3 rings (SSSR count). The van der Waals surface area contributed by atoms with Crippen molar-refractivity contribution in [1.82, 2.24) is 15.5 Å². The van der Waals surface area contributed by atoms with Gasteiger partial charge in [-0.2, -0.15) is 4.98 Å². The molecular formula is C19H18FN3O2. The summed E-state index contributed by atoms with van der Waals surface area (Å²) >= 11 is 0. The van der Waals surface area contributed by atoms with Crippen molar-refractivity contribution in [2.24, 2.45) is 0 Å². The molecule has 0 bridgehead atoms. The number of carbonyl (C=O) groups is 1. The number of hydrogen-bond donors (Lipinski definition) is 1. The Labute approximate surface area is 144 Å². The average Bonchev–Trinajstić information content (AvgIpc) is 3.04. The van der Waals surface area contributed by atoms with Crippen molar-refractivity contribution in [2.75, 3.05) is 0 Å². The number of aromatic nitrogens is 2. The Morgan fingerprint density at radius 3 is 2.68 bits per heavy atom. The maximum atomic E-state index is 13.2. The zero-order valence-corrected chi connectivity index (χ0v) is 13.8. The van der Waals surface area contributed by atoms with Gasteiger partial charge in [0.15, 0.2) is 5.82 Å². The van der Waals surface area contributed by atoms with E-state index >= 15 is 0 Å². The highest BCUT2D eigenvalue weighted by Crippen LogP contribution is 2.12. The van der Waals surface area contributed by atoms with Crippen LogP contribution in [0.4, 0.5) is 4.39 Å². The molecule has 128 valence electrons. The van der Waals surface area contributed by atoms with E-state index in [1.165, 1.54) is 12.1 Å².